The maximum Gasteiger partial charge on any atom is 0.146 e. The second-order valence-electron chi connectivity index (χ2n) is 10.1. The molecule has 0 amide bonds. The van der Waals surface area contributed by atoms with Crippen molar-refractivity contribution in [3.05, 3.63) is 58.9 Å². The van der Waals surface area contributed by atoms with Gasteiger partial charge in [-0.1, -0.05) is 69.9 Å². The van der Waals surface area contributed by atoms with Crippen LogP contribution in [0.2, 0.25) is 0 Å². The van der Waals surface area contributed by atoms with E-state index < -0.39 is 4.75 Å². The zero-order valence-corrected chi connectivity index (χ0v) is 21.8. The van der Waals surface area contributed by atoms with Crippen molar-refractivity contribution in [3.63, 3.8) is 0 Å². The lowest BCUT2D eigenvalue weighted by Crippen LogP contribution is -2.12. The molecule has 4 aromatic rings. The molecule has 0 radical (unpaired) electrons. The molecule has 176 valence electrons. The van der Waals surface area contributed by atoms with Crippen LogP contribution in [-0.2, 0) is 4.75 Å². The highest BCUT2D eigenvalue weighted by Crippen LogP contribution is 2.45. The van der Waals surface area contributed by atoms with Crippen LogP contribution in [0, 0.1) is 13.8 Å². The number of aryl methyl sites for hydroxylation is 2. The van der Waals surface area contributed by atoms with Crippen molar-refractivity contribution < 1.29 is 3.89 Å². The number of nitrogens with zero attached hydrogens (tertiary/aromatic N) is 2. The van der Waals surface area contributed by atoms with Gasteiger partial charge in [0.15, 0.2) is 0 Å². The second kappa shape index (κ2) is 9.66. The van der Waals surface area contributed by atoms with E-state index in [4.69, 9.17) is 4.98 Å². The summed E-state index contributed by atoms with van der Waals surface area (Å²) in [6, 6.07) is 13.0. The van der Waals surface area contributed by atoms with Gasteiger partial charge in [-0.2, -0.15) is 3.89 Å². The molecular weight excluding hydrogens is 427 g/mol. The number of hydrogen-bond donors (Lipinski definition) is 0. The smallest absolute Gasteiger partial charge is 0.146 e. The SMILES string of the molecule is CCCC.Cc1ccc2c3cccc(C(C)(C)SF)c3c3nc(C)c(C4CCCC4)n3c2c1. The van der Waals surface area contributed by atoms with E-state index in [9.17, 15) is 3.89 Å². The van der Waals surface area contributed by atoms with Gasteiger partial charge in [0.2, 0.25) is 0 Å². The molecule has 2 heterocycles. The molecule has 0 saturated heterocycles. The first-order valence-corrected chi connectivity index (χ1v) is 13.2. The lowest BCUT2D eigenvalue weighted by Gasteiger charge is -2.23. The number of fused-ring (bicyclic) bond motifs is 6. The molecule has 1 saturated carbocycles. The number of hydrogen-bond acceptors (Lipinski definition) is 2. The van der Waals surface area contributed by atoms with Crippen LogP contribution in [0.4, 0.5) is 3.89 Å². The van der Waals surface area contributed by atoms with E-state index in [0.29, 0.717) is 18.1 Å². The van der Waals surface area contributed by atoms with E-state index in [1.54, 1.807) is 0 Å². The van der Waals surface area contributed by atoms with Crippen LogP contribution in [0.3, 0.4) is 0 Å². The van der Waals surface area contributed by atoms with E-state index in [-0.39, 0.29) is 0 Å². The fraction of sp³-hybridized carbons (Fsp3) is 0.483. The largest absolute Gasteiger partial charge is 0.296 e. The summed E-state index contributed by atoms with van der Waals surface area (Å²) in [7, 11) is 0. The summed E-state index contributed by atoms with van der Waals surface area (Å²) >= 11 is 0.411. The molecular formula is C29H37FN2S. The lowest BCUT2D eigenvalue weighted by atomic mass is 9.93. The Kier molecular flexibility index (Phi) is 7.04. The number of aromatic nitrogens is 2. The molecule has 2 nitrogen and oxygen atoms in total. The Labute approximate surface area is 202 Å². The van der Waals surface area contributed by atoms with Crippen LogP contribution in [0.1, 0.15) is 94.7 Å². The van der Waals surface area contributed by atoms with E-state index in [0.717, 1.165) is 27.7 Å². The summed E-state index contributed by atoms with van der Waals surface area (Å²) in [5.74, 6) is 0.557. The molecule has 4 heteroatoms. The Balaban J connectivity index is 0.000000601. The van der Waals surface area contributed by atoms with Gasteiger partial charge in [0.05, 0.1) is 28.1 Å². The topological polar surface area (TPSA) is 17.3 Å². The van der Waals surface area contributed by atoms with Gasteiger partial charge in [-0.25, -0.2) is 4.98 Å². The summed E-state index contributed by atoms with van der Waals surface area (Å²) in [6.45, 7) is 12.6. The fourth-order valence-electron chi connectivity index (χ4n) is 5.25. The maximum atomic E-state index is 14.0. The highest BCUT2D eigenvalue weighted by atomic mass is 32.2. The normalized spacial score (nSPS) is 14.9. The molecule has 0 atom stereocenters. The van der Waals surface area contributed by atoms with E-state index >= 15 is 0 Å². The molecule has 1 aliphatic rings. The van der Waals surface area contributed by atoms with Crippen molar-refractivity contribution in [1.82, 2.24) is 9.38 Å². The first-order chi connectivity index (χ1) is 15.8. The van der Waals surface area contributed by atoms with Crippen LogP contribution in [0.15, 0.2) is 36.4 Å². The zero-order valence-electron chi connectivity index (χ0n) is 21.0. The molecule has 1 aliphatic carbocycles. The van der Waals surface area contributed by atoms with Gasteiger partial charge in [0, 0.05) is 22.4 Å². The highest BCUT2D eigenvalue weighted by Gasteiger charge is 2.29. The average Bonchev–Trinajstić information content (AvgIpc) is 3.46. The Morgan fingerprint density at radius 2 is 1.73 bits per heavy atom. The second-order valence-corrected chi connectivity index (χ2v) is 11.2. The van der Waals surface area contributed by atoms with Crippen molar-refractivity contribution in [3.8, 4) is 0 Å². The van der Waals surface area contributed by atoms with Crippen LogP contribution in [-0.4, -0.2) is 9.38 Å². The van der Waals surface area contributed by atoms with Crippen molar-refractivity contribution in [2.45, 2.75) is 90.7 Å². The van der Waals surface area contributed by atoms with Crippen LogP contribution >= 0.6 is 12.1 Å². The minimum Gasteiger partial charge on any atom is -0.296 e. The van der Waals surface area contributed by atoms with Crippen molar-refractivity contribution in [1.29, 1.82) is 0 Å². The average molecular weight is 465 g/mol. The third kappa shape index (κ3) is 4.27. The van der Waals surface area contributed by atoms with E-state index in [1.807, 2.05) is 13.8 Å². The Morgan fingerprint density at radius 1 is 1.03 bits per heavy atom. The van der Waals surface area contributed by atoms with Gasteiger partial charge in [0.1, 0.15) is 5.65 Å². The van der Waals surface area contributed by atoms with Crippen molar-refractivity contribution >= 4 is 39.5 Å². The minimum absolute atomic E-state index is 0.411. The van der Waals surface area contributed by atoms with Gasteiger partial charge in [0.25, 0.3) is 0 Å². The molecule has 2 aromatic heterocycles. The summed E-state index contributed by atoms with van der Waals surface area (Å²) < 4.78 is 15.7. The first-order valence-electron chi connectivity index (χ1n) is 12.5. The molecule has 0 N–H and O–H groups in total. The van der Waals surface area contributed by atoms with Gasteiger partial charge in [-0.15, -0.1) is 0 Å². The number of rotatable bonds is 4. The van der Waals surface area contributed by atoms with Crippen molar-refractivity contribution in [2.24, 2.45) is 0 Å². The Bertz CT molecular complexity index is 1280. The summed E-state index contributed by atoms with van der Waals surface area (Å²) in [4.78, 5) is 5.11. The Hall–Kier alpha value is -2.07. The number of imidazole rings is 1. The van der Waals surface area contributed by atoms with Crippen LogP contribution in [0.25, 0.3) is 27.3 Å². The molecule has 0 unspecified atom stereocenters. The van der Waals surface area contributed by atoms with Crippen LogP contribution < -0.4 is 0 Å². The van der Waals surface area contributed by atoms with Crippen LogP contribution in [0.5, 0.6) is 0 Å². The molecule has 0 bridgehead atoms. The summed E-state index contributed by atoms with van der Waals surface area (Å²) in [5.41, 5.74) is 6.94. The number of unbranched alkanes of at least 4 members (excludes halogenated alkanes) is 1. The van der Waals surface area contributed by atoms with E-state index in [1.165, 1.54) is 60.7 Å². The quantitative estimate of drug-likeness (QED) is 0.280. The molecule has 33 heavy (non-hydrogen) atoms. The predicted octanol–water partition coefficient (Wildman–Crippen LogP) is 9.57. The molecule has 0 spiro atoms. The standard InChI is InChI=1S/C25H27FN2S.C4H10/c1-15-12-13-18-19-10-7-11-20(25(3,4)29-26)22(19)24-27-16(2)23(17-8-5-6-9-17)28(24)21(18)14-15;1-3-4-2/h7,10-14,17H,5-6,8-9H2,1-4H3;3-4H2,1-2H3. The summed E-state index contributed by atoms with van der Waals surface area (Å²) in [6.07, 6.45) is 7.68. The number of benzene rings is 2. The number of halogens is 1. The van der Waals surface area contributed by atoms with Gasteiger partial charge < -0.3 is 0 Å². The van der Waals surface area contributed by atoms with Gasteiger partial charge in [-0.3, -0.25) is 4.40 Å². The molecule has 5 rings (SSSR count). The molecule has 1 fully saturated rings. The van der Waals surface area contributed by atoms with E-state index in [2.05, 4.69) is 68.5 Å². The highest BCUT2D eigenvalue weighted by molar-refractivity contribution is 7.95. The summed E-state index contributed by atoms with van der Waals surface area (Å²) in [5, 5.41) is 3.47. The Morgan fingerprint density at radius 3 is 2.36 bits per heavy atom. The van der Waals surface area contributed by atoms with Crippen molar-refractivity contribution in [2.75, 3.05) is 0 Å². The van der Waals surface area contributed by atoms with Gasteiger partial charge in [-0.05, 0) is 63.1 Å². The monoisotopic (exact) mass is 464 g/mol. The minimum atomic E-state index is -0.633. The van der Waals surface area contributed by atoms with Gasteiger partial charge >= 0.3 is 0 Å². The predicted molar refractivity (Wildman–Crippen MR) is 143 cm³/mol. The maximum absolute atomic E-state index is 14.0. The third-order valence-electron chi connectivity index (χ3n) is 7.15. The molecule has 0 aliphatic heterocycles. The third-order valence-corrected chi connectivity index (χ3v) is 7.76. The zero-order chi connectivity index (χ0) is 23.8. The fourth-order valence-corrected chi connectivity index (χ4v) is 5.50. The lowest BCUT2D eigenvalue weighted by molar-refractivity contribution is 0.688. The molecule has 2 aromatic carbocycles. The number of pyridine rings is 1. The first kappa shape index (κ1) is 24.1.